The second-order valence-corrected chi connectivity index (χ2v) is 8.94. The molecule has 0 atom stereocenters. The van der Waals surface area contributed by atoms with E-state index < -0.39 is 0 Å². The molecule has 2 heterocycles. The van der Waals surface area contributed by atoms with Crippen LogP contribution in [0.1, 0.15) is 25.7 Å². The van der Waals surface area contributed by atoms with Crippen molar-refractivity contribution in [2.75, 3.05) is 34.4 Å². The fourth-order valence-corrected chi connectivity index (χ4v) is 3.65. The molecule has 2 aromatic carbocycles. The van der Waals surface area contributed by atoms with E-state index in [-0.39, 0.29) is 0 Å². The summed E-state index contributed by atoms with van der Waals surface area (Å²) in [5.41, 5.74) is 1.85. The van der Waals surface area contributed by atoms with E-state index in [4.69, 9.17) is 23.2 Å². The van der Waals surface area contributed by atoms with Gasteiger partial charge in [0, 0.05) is 46.9 Å². The van der Waals surface area contributed by atoms with Crippen LogP contribution < -0.4 is 21.3 Å². The van der Waals surface area contributed by atoms with Gasteiger partial charge in [0.05, 0.1) is 0 Å². The third-order valence-electron chi connectivity index (χ3n) is 5.21. The van der Waals surface area contributed by atoms with Gasteiger partial charge in [0.15, 0.2) is 0 Å². The zero-order valence-electron chi connectivity index (χ0n) is 19.7. The van der Waals surface area contributed by atoms with Crippen molar-refractivity contribution in [3.05, 3.63) is 83.1 Å². The first-order chi connectivity index (χ1) is 17.6. The van der Waals surface area contributed by atoms with E-state index in [1.165, 1.54) is 0 Å². The smallest absolute Gasteiger partial charge is 0.224 e. The molecule has 4 N–H and O–H groups in total. The highest BCUT2D eigenvalue weighted by Gasteiger charge is 2.02. The van der Waals surface area contributed by atoms with E-state index in [1.807, 2.05) is 60.7 Å². The van der Waals surface area contributed by atoms with Crippen molar-refractivity contribution in [2.45, 2.75) is 25.7 Å². The van der Waals surface area contributed by atoms with E-state index in [0.717, 1.165) is 61.8 Å². The van der Waals surface area contributed by atoms with Crippen LogP contribution in [0.4, 0.5) is 34.9 Å². The van der Waals surface area contributed by atoms with Crippen LogP contribution in [-0.2, 0) is 0 Å². The summed E-state index contributed by atoms with van der Waals surface area (Å²) >= 11 is 11.9. The Kier molecular flexibility index (Phi) is 9.53. The Morgan fingerprint density at radius 1 is 0.528 bits per heavy atom. The quantitative estimate of drug-likeness (QED) is 0.137. The van der Waals surface area contributed by atoms with Crippen molar-refractivity contribution in [2.24, 2.45) is 0 Å². The Labute approximate surface area is 220 Å². The zero-order valence-corrected chi connectivity index (χ0v) is 21.2. The molecule has 0 aliphatic heterocycles. The largest absolute Gasteiger partial charge is 0.354 e. The molecule has 186 valence electrons. The molecule has 0 aliphatic rings. The lowest BCUT2D eigenvalue weighted by atomic mass is 10.2. The van der Waals surface area contributed by atoms with Gasteiger partial charge >= 0.3 is 0 Å². The second kappa shape index (κ2) is 13.5. The Morgan fingerprint density at radius 2 is 0.944 bits per heavy atom. The molecule has 0 radical (unpaired) electrons. The average molecular weight is 523 g/mol. The van der Waals surface area contributed by atoms with Crippen LogP contribution in [0.25, 0.3) is 0 Å². The van der Waals surface area contributed by atoms with Crippen molar-refractivity contribution in [1.82, 2.24) is 19.9 Å². The van der Waals surface area contributed by atoms with Crippen molar-refractivity contribution in [1.29, 1.82) is 0 Å². The first-order valence-electron chi connectivity index (χ1n) is 11.8. The molecule has 4 aromatic rings. The second-order valence-electron chi connectivity index (χ2n) is 8.06. The number of rotatable bonds is 13. The Balaban J connectivity index is 1.10. The van der Waals surface area contributed by atoms with Gasteiger partial charge in [0.25, 0.3) is 0 Å². The monoisotopic (exact) mass is 522 g/mol. The molecule has 0 unspecified atom stereocenters. The summed E-state index contributed by atoms with van der Waals surface area (Å²) in [6.07, 6.45) is 7.76. The van der Waals surface area contributed by atoms with Gasteiger partial charge in [0.2, 0.25) is 11.9 Å². The minimum absolute atomic E-state index is 0.611. The number of hydrogen-bond donors (Lipinski definition) is 4. The van der Waals surface area contributed by atoms with Gasteiger partial charge in [-0.3, -0.25) is 0 Å². The maximum atomic E-state index is 5.94. The third-order valence-corrected chi connectivity index (χ3v) is 5.72. The molecule has 0 fully saturated rings. The number of nitrogens with one attached hydrogen (secondary N) is 4. The predicted molar refractivity (Wildman–Crippen MR) is 149 cm³/mol. The minimum atomic E-state index is 0.611. The number of aromatic nitrogens is 4. The van der Waals surface area contributed by atoms with Crippen LogP contribution in [-0.4, -0.2) is 33.0 Å². The molecule has 0 aliphatic carbocycles. The first-order valence-corrected chi connectivity index (χ1v) is 12.6. The third kappa shape index (κ3) is 8.55. The fraction of sp³-hybridized carbons (Fsp3) is 0.231. The molecule has 10 heteroatoms. The highest BCUT2D eigenvalue weighted by atomic mass is 35.5. The topological polar surface area (TPSA) is 99.7 Å². The number of hydrogen-bond acceptors (Lipinski definition) is 8. The molecule has 0 bridgehead atoms. The van der Waals surface area contributed by atoms with Crippen LogP contribution in [0.3, 0.4) is 0 Å². The normalized spacial score (nSPS) is 10.6. The van der Waals surface area contributed by atoms with Gasteiger partial charge in [-0.2, -0.15) is 9.97 Å². The number of unbranched alkanes of at least 4 members (excludes halogenated alkanes) is 3. The lowest BCUT2D eigenvalue weighted by Gasteiger charge is -2.09. The number of benzene rings is 2. The molecular weight excluding hydrogens is 495 g/mol. The maximum Gasteiger partial charge on any atom is 0.224 e. The minimum Gasteiger partial charge on any atom is -0.354 e. The average Bonchev–Trinajstić information content (AvgIpc) is 2.89. The summed E-state index contributed by atoms with van der Waals surface area (Å²) in [4.78, 5) is 17.6. The van der Waals surface area contributed by atoms with Crippen LogP contribution in [0.2, 0.25) is 10.0 Å². The lowest BCUT2D eigenvalue weighted by molar-refractivity contribution is 0.668. The molecule has 4 rings (SSSR count). The standard InChI is InChI=1S/C26H28Cl2N8/c27-19-5-9-21(10-6-19)33-23-13-17-31-25(35-23)29-15-3-1-2-4-16-30-26-32-18-14-24(36-26)34-22-11-7-20(28)8-12-22/h5-14,17-18H,1-4,15-16H2,(H2,29,31,33,35)(H2,30,32,34,36). The Bertz CT molecular complexity index is 1120. The first kappa shape index (κ1) is 25.5. The molecular formula is C26H28Cl2N8. The van der Waals surface area contributed by atoms with Crippen molar-refractivity contribution < 1.29 is 0 Å². The highest BCUT2D eigenvalue weighted by Crippen LogP contribution is 2.19. The van der Waals surface area contributed by atoms with Crippen molar-refractivity contribution in [3.63, 3.8) is 0 Å². The predicted octanol–water partition coefficient (Wildman–Crippen LogP) is 7.15. The SMILES string of the molecule is Clc1ccc(Nc2ccnc(NCCCCCCNc3nccc(Nc4ccc(Cl)cc4)n3)n2)cc1. The van der Waals surface area contributed by atoms with Crippen LogP contribution >= 0.6 is 23.2 Å². The zero-order chi connectivity index (χ0) is 25.0. The van der Waals surface area contributed by atoms with Gasteiger partial charge in [-0.1, -0.05) is 36.0 Å². The summed E-state index contributed by atoms with van der Waals surface area (Å²) in [7, 11) is 0. The van der Waals surface area contributed by atoms with Gasteiger partial charge < -0.3 is 21.3 Å². The molecule has 0 saturated carbocycles. The van der Waals surface area contributed by atoms with Gasteiger partial charge in [-0.05, 0) is 73.5 Å². The summed E-state index contributed by atoms with van der Waals surface area (Å²) in [6, 6.07) is 18.7. The highest BCUT2D eigenvalue weighted by molar-refractivity contribution is 6.30. The van der Waals surface area contributed by atoms with E-state index >= 15 is 0 Å². The summed E-state index contributed by atoms with van der Waals surface area (Å²) in [5, 5.41) is 14.5. The molecule has 2 aromatic heterocycles. The van der Waals surface area contributed by atoms with Crippen LogP contribution in [0.5, 0.6) is 0 Å². The van der Waals surface area contributed by atoms with Gasteiger partial charge in [0.1, 0.15) is 11.6 Å². The Morgan fingerprint density at radius 3 is 1.36 bits per heavy atom. The van der Waals surface area contributed by atoms with E-state index in [0.29, 0.717) is 21.9 Å². The van der Waals surface area contributed by atoms with Gasteiger partial charge in [-0.15, -0.1) is 0 Å². The van der Waals surface area contributed by atoms with Gasteiger partial charge in [-0.25, -0.2) is 9.97 Å². The molecule has 0 spiro atoms. The number of anilines is 6. The van der Waals surface area contributed by atoms with Crippen molar-refractivity contribution in [3.8, 4) is 0 Å². The maximum absolute atomic E-state index is 5.94. The molecule has 0 saturated heterocycles. The summed E-state index contributed by atoms with van der Waals surface area (Å²) in [5.74, 6) is 2.69. The van der Waals surface area contributed by atoms with Crippen LogP contribution in [0.15, 0.2) is 73.1 Å². The molecule has 36 heavy (non-hydrogen) atoms. The lowest BCUT2D eigenvalue weighted by Crippen LogP contribution is -2.08. The van der Waals surface area contributed by atoms with E-state index in [2.05, 4.69) is 41.2 Å². The number of nitrogens with zero attached hydrogens (tertiary/aromatic N) is 4. The summed E-state index contributed by atoms with van der Waals surface area (Å²) in [6.45, 7) is 1.64. The number of halogens is 2. The Hall–Kier alpha value is -3.62. The van der Waals surface area contributed by atoms with E-state index in [9.17, 15) is 0 Å². The van der Waals surface area contributed by atoms with Crippen LogP contribution in [0, 0.1) is 0 Å². The summed E-state index contributed by atoms with van der Waals surface area (Å²) < 4.78 is 0. The van der Waals surface area contributed by atoms with E-state index in [1.54, 1.807) is 12.4 Å². The fourth-order valence-electron chi connectivity index (χ4n) is 3.39. The molecule has 0 amide bonds. The van der Waals surface area contributed by atoms with Crippen molar-refractivity contribution >= 4 is 58.1 Å². The molecule has 8 nitrogen and oxygen atoms in total.